The monoisotopic (exact) mass is 300 g/mol. The van der Waals surface area contributed by atoms with Crippen molar-refractivity contribution in [3.63, 3.8) is 0 Å². The number of aliphatic hydroxyl groups excluding tert-OH is 1. The average molecular weight is 300 g/mol. The number of β-amino-alcohol motifs (C(OH)–C–C–N with tert-alkyl or cyclic N) is 1. The molecule has 2 N–H and O–H groups in total. The highest BCUT2D eigenvalue weighted by molar-refractivity contribution is 5.92. The first-order valence-corrected chi connectivity index (χ1v) is 7.48. The van der Waals surface area contributed by atoms with Crippen LogP contribution in [0.15, 0.2) is 42.6 Å². The van der Waals surface area contributed by atoms with Gasteiger partial charge in [0.25, 0.3) is 5.91 Å². The van der Waals surface area contributed by atoms with Gasteiger partial charge in [-0.1, -0.05) is 30.3 Å². The van der Waals surface area contributed by atoms with Crippen LogP contribution in [0.25, 0.3) is 0 Å². The van der Waals surface area contributed by atoms with Crippen LogP contribution in [0.5, 0.6) is 0 Å². The average Bonchev–Trinajstić information content (AvgIpc) is 3.10. The highest BCUT2D eigenvalue weighted by atomic mass is 16.3. The molecular weight excluding hydrogens is 280 g/mol. The van der Waals surface area contributed by atoms with Crippen molar-refractivity contribution < 1.29 is 9.90 Å². The SMILES string of the molecule is O=C(c1ccn[nH]1)N1CCN(C[C@@H](O)c2ccccc2)CC1. The van der Waals surface area contributed by atoms with Crippen LogP contribution in [-0.4, -0.2) is 63.7 Å². The van der Waals surface area contributed by atoms with Crippen LogP contribution in [0.3, 0.4) is 0 Å². The first-order valence-electron chi connectivity index (χ1n) is 7.48. The quantitative estimate of drug-likeness (QED) is 0.880. The smallest absolute Gasteiger partial charge is 0.271 e. The first-order chi connectivity index (χ1) is 10.7. The number of carbonyl (C=O) groups is 1. The third-order valence-corrected chi connectivity index (χ3v) is 4.01. The molecule has 1 aromatic heterocycles. The number of hydrogen-bond donors (Lipinski definition) is 2. The number of nitrogens with one attached hydrogen (secondary N) is 1. The van der Waals surface area contributed by atoms with Crippen LogP contribution in [0.2, 0.25) is 0 Å². The number of amides is 1. The Bertz CT molecular complexity index is 592. The van der Waals surface area contributed by atoms with E-state index in [2.05, 4.69) is 15.1 Å². The van der Waals surface area contributed by atoms with E-state index >= 15 is 0 Å². The highest BCUT2D eigenvalue weighted by Gasteiger charge is 2.24. The van der Waals surface area contributed by atoms with E-state index < -0.39 is 6.10 Å². The second-order valence-electron chi connectivity index (χ2n) is 5.49. The molecule has 2 aromatic rings. The number of aliphatic hydroxyl groups is 1. The third-order valence-electron chi connectivity index (χ3n) is 4.01. The Morgan fingerprint density at radius 3 is 2.55 bits per heavy atom. The van der Waals surface area contributed by atoms with Gasteiger partial charge in [0.1, 0.15) is 5.69 Å². The lowest BCUT2D eigenvalue weighted by Gasteiger charge is -2.35. The first kappa shape index (κ1) is 14.7. The Labute approximate surface area is 129 Å². The number of nitrogens with zero attached hydrogens (tertiary/aromatic N) is 3. The summed E-state index contributed by atoms with van der Waals surface area (Å²) in [7, 11) is 0. The zero-order chi connectivity index (χ0) is 15.4. The van der Waals surface area contributed by atoms with Crippen molar-refractivity contribution in [2.75, 3.05) is 32.7 Å². The lowest BCUT2D eigenvalue weighted by atomic mass is 10.1. The maximum Gasteiger partial charge on any atom is 0.271 e. The van der Waals surface area contributed by atoms with Crippen LogP contribution < -0.4 is 0 Å². The number of aromatic nitrogens is 2. The summed E-state index contributed by atoms with van der Waals surface area (Å²) >= 11 is 0. The van der Waals surface area contributed by atoms with Gasteiger partial charge in [-0.05, 0) is 11.6 Å². The summed E-state index contributed by atoms with van der Waals surface area (Å²) in [5.74, 6) is -0.0132. The molecule has 0 saturated carbocycles. The number of hydrogen-bond acceptors (Lipinski definition) is 4. The maximum atomic E-state index is 12.2. The molecule has 3 rings (SSSR count). The fourth-order valence-electron chi connectivity index (χ4n) is 2.70. The van der Waals surface area contributed by atoms with E-state index in [0.29, 0.717) is 25.3 Å². The maximum absolute atomic E-state index is 12.2. The predicted molar refractivity (Wildman–Crippen MR) is 82.3 cm³/mol. The van der Waals surface area contributed by atoms with Crippen molar-refractivity contribution in [2.24, 2.45) is 0 Å². The Morgan fingerprint density at radius 2 is 1.91 bits per heavy atom. The van der Waals surface area contributed by atoms with E-state index in [1.54, 1.807) is 12.3 Å². The molecule has 1 aromatic carbocycles. The molecule has 1 aliphatic heterocycles. The van der Waals surface area contributed by atoms with Crippen LogP contribution >= 0.6 is 0 Å². The second-order valence-corrected chi connectivity index (χ2v) is 5.49. The highest BCUT2D eigenvalue weighted by Crippen LogP contribution is 2.15. The zero-order valence-corrected chi connectivity index (χ0v) is 12.4. The Kier molecular flexibility index (Phi) is 4.50. The molecule has 2 heterocycles. The largest absolute Gasteiger partial charge is 0.387 e. The van der Waals surface area contributed by atoms with Crippen molar-refractivity contribution in [1.29, 1.82) is 0 Å². The van der Waals surface area contributed by atoms with Crippen LogP contribution in [0.1, 0.15) is 22.2 Å². The van der Waals surface area contributed by atoms with Gasteiger partial charge < -0.3 is 10.0 Å². The molecule has 0 unspecified atom stereocenters. The van der Waals surface area contributed by atoms with Gasteiger partial charge in [-0.15, -0.1) is 0 Å². The van der Waals surface area contributed by atoms with E-state index in [1.165, 1.54) is 0 Å². The fraction of sp³-hybridized carbons (Fsp3) is 0.375. The molecule has 6 heteroatoms. The molecule has 1 saturated heterocycles. The number of rotatable bonds is 4. The van der Waals surface area contributed by atoms with Crippen molar-refractivity contribution >= 4 is 5.91 Å². The van der Waals surface area contributed by atoms with Crippen molar-refractivity contribution in [3.8, 4) is 0 Å². The molecule has 0 aliphatic carbocycles. The van der Waals surface area contributed by atoms with Gasteiger partial charge in [-0.25, -0.2) is 0 Å². The molecule has 1 amide bonds. The molecular formula is C16H20N4O2. The zero-order valence-electron chi connectivity index (χ0n) is 12.4. The van der Waals surface area contributed by atoms with Gasteiger partial charge >= 0.3 is 0 Å². The third kappa shape index (κ3) is 3.35. The minimum Gasteiger partial charge on any atom is -0.387 e. The molecule has 0 spiro atoms. The van der Waals surface area contributed by atoms with Crippen LogP contribution in [0.4, 0.5) is 0 Å². The van der Waals surface area contributed by atoms with Gasteiger partial charge in [0.15, 0.2) is 0 Å². The topological polar surface area (TPSA) is 72.5 Å². The summed E-state index contributed by atoms with van der Waals surface area (Å²) in [6.07, 6.45) is 1.09. The lowest BCUT2D eigenvalue weighted by molar-refractivity contribution is 0.0523. The molecule has 116 valence electrons. The van der Waals surface area contributed by atoms with E-state index in [4.69, 9.17) is 0 Å². The molecule has 0 bridgehead atoms. The van der Waals surface area contributed by atoms with E-state index in [0.717, 1.165) is 18.7 Å². The second kappa shape index (κ2) is 6.72. The summed E-state index contributed by atoms with van der Waals surface area (Å²) in [5.41, 5.74) is 1.45. The van der Waals surface area contributed by atoms with Crippen LogP contribution in [0, 0.1) is 0 Å². The van der Waals surface area contributed by atoms with Crippen molar-refractivity contribution in [3.05, 3.63) is 53.9 Å². The standard InChI is InChI=1S/C16H20N4O2/c21-15(13-4-2-1-3-5-13)12-19-8-10-20(11-9-19)16(22)14-6-7-17-18-14/h1-7,15,21H,8-12H2,(H,17,18)/t15-/m1/s1. The number of benzene rings is 1. The van der Waals surface area contributed by atoms with E-state index in [9.17, 15) is 9.90 Å². The van der Waals surface area contributed by atoms with E-state index in [1.807, 2.05) is 35.2 Å². The summed E-state index contributed by atoms with van der Waals surface area (Å²) < 4.78 is 0. The number of piperazine rings is 1. The summed E-state index contributed by atoms with van der Waals surface area (Å²) in [5, 5.41) is 16.8. The summed E-state index contributed by atoms with van der Waals surface area (Å²) in [6, 6.07) is 11.4. The molecule has 6 nitrogen and oxygen atoms in total. The normalized spacial score (nSPS) is 17.4. The Hall–Kier alpha value is -2.18. The Morgan fingerprint density at radius 1 is 1.18 bits per heavy atom. The van der Waals surface area contributed by atoms with Gasteiger partial charge in [0, 0.05) is 38.9 Å². The van der Waals surface area contributed by atoms with Gasteiger partial charge in [-0.2, -0.15) is 5.10 Å². The van der Waals surface area contributed by atoms with Crippen molar-refractivity contribution in [1.82, 2.24) is 20.0 Å². The Balaban J connectivity index is 1.51. The molecule has 1 atom stereocenters. The summed E-state index contributed by atoms with van der Waals surface area (Å²) in [6.45, 7) is 3.46. The fourth-order valence-corrected chi connectivity index (χ4v) is 2.70. The number of aromatic amines is 1. The number of carbonyl (C=O) groups excluding carboxylic acids is 1. The minimum absolute atomic E-state index is 0.0132. The predicted octanol–water partition coefficient (Wildman–Crippen LogP) is 0.901. The van der Waals surface area contributed by atoms with E-state index in [-0.39, 0.29) is 5.91 Å². The minimum atomic E-state index is -0.490. The lowest BCUT2D eigenvalue weighted by Crippen LogP contribution is -2.49. The van der Waals surface area contributed by atoms with Crippen molar-refractivity contribution in [2.45, 2.75) is 6.10 Å². The summed E-state index contributed by atoms with van der Waals surface area (Å²) in [4.78, 5) is 16.2. The van der Waals surface area contributed by atoms with Gasteiger partial charge in [0.05, 0.1) is 6.10 Å². The molecule has 0 radical (unpaired) electrons. The van der Waals surface area contributed by atoms with Gasteiger partial charge in [-0.3, -0.25) is 14.8 Å². The number of H-pyrrole nitrogens is 1. The molecule has 1 fully saturated rings. The molecule has 1 aliphatic rings. The van der Waals surface area contributed by atoms with Gasteiger partial charge in [0.2, 0.25) is 0 Å². The van der Waals surface area contributed by atoms with Crippen LogP contribution in [-0.2, 0) is 0 Å². The molecule has 22 heavy (non-hydrogen) atoms.